The molecule has 20 heavy (non-hydrogen) atoms. The molecule has 2 saturated heterocycles. The molecule has 0 saturated carbocycles. The van der Waals surface area contributed by atoms with Gasteiger partial charge >= 0.3 is 0 Å². The molecule has 0 aromatic carbocycles. The largest absolute Gasteiger partial charge is 0.381 e. The van der Waals surface area contributed by atoms with E-state index in [1.807, 2.05) is 19.1 Å². The van der Waals surface area contributed by atoms with Crippen molar-refractivity contribution in [2.45, 2.75) is 38.2 Å². The van der Waals surface area contributed by atoms with Crippen molar-refractivity contribution in [1.29, 1.82) is 0 Å². The zero-order valence-corrected chi connectivity index (χ0v) is 11.9. The van der Waals surface area contributed by atoms with Crippen LogP contribution in [0.4, 0.5) is 0 Å². The Hall–Kier alpha value is -1.26. The summed E-state index contributed by atoms with van der Waals surface area (Å²) in [4.78, 5) is 16.9. The predicted molar refractivity (Wildman–Crippen MR) is 74.8 cm³/mol. The number of ether oxygens (including phenoxy) is 2. The number of ketones is 1. The molecule has 1 unspecified atom stereocenters. The van der Waals surface area contributed by atoms with Gasteiger partial charge in [-0.3, -0.25) is 9.78 Å². The van der Waals surface area contributed by atoms with Crippen molar-refractivity contribution in [3.63, 3.8) is 0 Å². The first-order valence-electron chi connectivity index (χ1n) is 7.38. The summed E-state index contributed by atoms with van der Waals surface area (Å²) in [6.07, 6.45) is 5.18. The molecule has 1 atom stereocenters. The van der Waals surface area contributed by atoms with E-state index < -0.39 is 0 Å². The zero-order valence-electron chi connectivity index (χ0n) is 11.9. The topological polar surface area (TPSA) is 48.4 Å². The molecule has 0 amide bonds. The molecule has 1 aromatic rings. The summed E-state index contributed by atoms with van der Waals surface area (Å²) in [7, 11) is 0. The van der Waals surface area contributed by atoms with Gasteiger partial charge in [0, 0.05) is 43.2 Å². The maximum Gasteiger partial charge on any atom is 0.167 e. The van der Waals surface area contributed by atoms with E-state index >= 15 is 0 Å². The molecule has 108 valence electrons. The van der Waals surface area contributed by atoms with E-state index in [0.717, 1.165) is 50.2 Å². The summed E-state index contributed by atoms with van der Waals surface area (Å²) < 4.78 is 11.4. The summed E-state index contributed by atoms with van der Waals surface area (Å²) in [5, 5.41) is 0. The lowest BCUT2D eigenvalue weighted by Gasteiger charge is -2.42. The number of nitrogens with zero attached hydrogens (tertiary/aromatic N) is 1. The summed E-state index contributed by atoms with van der Waals surface area (Å²) >= 11 is 0. The molecule has 0 aliphatic carbocycles. The molecular weight excluding hydrogens is 254 g/mol. The van der Waals surface area contributed by atoms with Gasteiger partial charge in [-0.15, -0.1) is 0 Å². The van der Waals surface area contributed by atoms with Crippen LogP contribution in [0.5, 0.6) is 0 Å². The lowest BCUT2D eigenvalue weighted by atomic mass is 9.78. The first kappa shape index (κ1) is 13.7. The van der Waals surface area contributed by atoms with Gasteiger partial charge in [-0.1, -0.05) is 0 Å². The Balaban J connectivity index is 1.77. The zero-order chi connectivity index (χ0) is 14.0. The van der Waals surface area contributed by atoms with E-state index in [2.05, 4.69) is 4.98 Å². The van der Waals surface area contributed by atoms with Crippen LogP contribution in [0.1, 0.15) is 41.7 Å². The second-order valence-corrected chi connectivity index (χ2v) is 5.83. The van der Waals surface area contributed by atoms with Crippen LogP contribution in [-0.4, -0.2) is 36.2 Å². The third kappa shape index (κ3) is 2.63. The van der Waals surface area contributed by atoms with Crippen LogP contribution < -0.4 is 0 Å². The summed E-state index contributed by atoms with van der Waals surface area (Å²) in [5.74, 6) is 0.287. The number of carbonyl (C=O) groups is 1. The van der Waals surface area contributed by atoms with E-state index in [4.69, 9.17) is 9.47 Å². The molecule has 2 aliphatic heterocycles. The summed E-state index contributed by atoms with van der Waals surface area (Å²) in [5.41, 5.74) is 1.46. The smallest absolute Gasteiger partial charge is 0.167 e. The predicted octanol–water partition coefficient (Wildman–Crippen LogP) is 2.55. The third-order valence-corrected chi connectivity index (χ3v) is 4.54. The van der Waals surface area contributed by atoms with Crippen molar-refractivity contribution in [2.24, 2.45) is 5.92 Å². The first-order valence-corrected chi connectivity index (χ1v) is 7.38. The standard InChI is InChI=1S/C16H21NO3/c1-12-14(3-2-7-17-12)15(18)13-4-8-20-16(11-13)5-9-19-10-6-16/h2-3,7,13H,4-6,8-11H2,1H3. The van der Waals surface area contributed by atoms with Crippen molar-refractivity contribution in [2.75, 3.05) is 19.8 Å². The fourth-order valence-electron chi connectivity index (χ4n) is 3.31. The van der Waals surface area contributed by atoms with E-state index in [9.17, 15) is 4.79 Å². The number of aromatic nitrogens is 1. The van der Waals surface area contributed by atoms with E-state index in [0.29, 0.717) is 6.61 Å². The highest BCUT2D eigenvalue weighted by molar-refractivity contribution is 5.98. The molecule has 1 aromatic heterocycles. The van der Waals surface area contributed by atoms with Crippen molar-refractivity contribution >= 4 is 5.78 Å². The number of Topliss-reactive ketones (excluding diaryl/α,β-unsaturated/α-hetero) is 1. The Morgan fingerprint density at radius 3 is 2.90 bits per heavy atom. The minimum Gasteiger partial charge on any atom is -0.381 e. The molecule has 3 rings (SSSR count). The number of aryl methyl sites for hydroxylation is 1. The second-order valence-electron chi connectivity index (χ2n) is 5.83. The van der Waals surface area contributed by atoms with Crippen molar-refractivity contribution in [3.8, 4) is 0 Å². The van der Waals surface area contributed by atoms with Crippen LogP contribution in [0.3, 0.4) is 0 Å². The average Bonchev–Trinajstić information content (AvgIpc) is 2.48. The Labute approximate surface area is 119 Å². The van der Waals surface area contributed by atoms with Crippen LogP contribution in [0.25, 0.3) is 0 Å². The van der Waals surface area contributed by atoms with E-state index in [-0.39, 0.29) is 17.3 Å². The molecule has 2 fully saturated rings. The monoisotopic (exact) mass is 275 g/mol. The van der Waals surface area contributed by atoms with Gasteiger partial charge < -0.3 is 9.47 Å². The van der Waals surface area contributed by atoms with E-state index in [1.54, 1.807) is 6.20 Å². The van der Waals surface area contributed by atoms with Crippen molar-refractivity contribution in [1.82, 2.24) is 4.98 Å². The van der Waals surface area contributed by atoms with Gasteiger partial charge in [-0.25, -0.2) is 0 Å². The SMILES string of the molecule is Cc1ncccc1C(=O)C1CCOC2(CCOCC2)C1. The molecule has 2 aliphatic rings. The van der Waals surface area contributed by atoms with E-state index in [1.165, 1.54) is 0 Å². The van der Waals surface area contributed by atoms with Gasteiger partial charge in [-0.2, -0.15) is 0 Å². The average molecular weight is 275 g/mol. The van der Waals surface area contributed by atoms with Gasteiger partial charge in [0.25, 0.3) is 0 Å². The highest BCUT2D eigenvalue weighted by atomic mass is 16.5. The Bertz CT molecular complexity index is 489. The van der Waals surface area contributed by atoms with Gasteiger partial charge in [-0.05, 0) is 44.7 Å². The number of rotatable bonds is 2. The minimum absolute atomic E-state index is 0.0600. The lowest BCUT2D eigenvalue weighted by molar-refractivity contribution is -0.142. The Kier molecular flexibility index (Phi) is 3.85. The highest BCUT2D eigenvalue weighted by Gasteiger charge is 2.41. The molecule has 1 spiro atoms. The number of hydrogen-bond donors (Lipinski definition) is 0. The fraction of sp³-hybridized carbons (Fsp3) is 0.625. The molecule has 4 heteroatoms. The van der Waals surface area contributed by atoms with Crippen LogP contribution >= 0.6 is 0 Å². The molecular formula is C16H21NO3. The normalized spacial score (nSPS) is 25.6. The first-order chi connectivity index (χ1) is 9.70. The summed E-state index contributed by atoms with van der Waals surface area (Å²) in [6.45, 7) is 4.06. The van der Waals surface area contributed by atoms with Crippen LogP contribution in [0, 0.1) is 12.8 Å². The quantitative estimate of drug-likeness (QED) is 0.778. The van der Waals surface area contributed by atoms with Gasteiger partial charge in [0.1, 0.15) is 0 Å². The number of carbonyl (C=O) groups excluding carboxylic acids is 1. The molecule has 0 radical (unpaired) electrons. The van der Waals surface area contributed by atoms with Crippen molar-refractivity contribution < 1.29 is 14.3 Å². The third-order valence-electron chi connectivity index (χ3n) is 4.54. The number of hydrogen-bond acceptors (Lipinski definition) is 4. The lowest BCUT2D eigenvalue weighted by Crippen LogP contribution is -2.46. The Morgan fingerprint density at radius 1 is 1.35 bits per heavy atom. The van der Waals surface area contributed by atoms with Crippen LogP contribution in [0.15, 0.2) is 18.3 Å². The van der Waals surface area contributed by atoms with Crippen molar-refractivity contribution in [3.05, 3.63) is 29.6 Å². The maximum atomic E-state index is 12.7. The van der Waals surface area contributed by atoms with Gasteiger partial charge in [0.2, 0.25) is 0 Å². The molecule has 0 N–H and O–H groups in total. The maximum absolute atomic E-state index is 12.7. The molecule has 4 nitrogen and oxygen atoms in total. The van der Waals surface area contributed by atoms with Crippen LogP contribution in [0.2, 0.25) is 0 Å². The highest BCUT2D eigenvalue weighted by Crippen LogP contribution is 2.38. The van der Waals surface area contributed by atoms with Gasteiger partial charge in [0.05, 0.1) is 5.60 Å². The minimum atomic E-state index is -0.132. The number of pyridine rings is 1. The van der Waals surface area contributed by atoms with Crippen LogP contribution in [-0.2, 0) is 9.47 Å². The molecule has 0 bridgehead atoms. The van der Waals surface area contributed by atoms with Gasteiger partial charge in [0.15, 0.2) is 5.78 Å². The second kappa shape index (κ2) is 5.62. The molecule has 3 heterocycles. The summed E-state index contributed by atoms with van der Waals surface area (Å²) in [6, 6.07) is 3.72. The Morgan fingerprint density at radius 2 is 2.15 bits per heavy atom. The fourth-order valence-corrected chi connectivity index (χ4v) is 3.31.